The van der Waals surface area contributed by atoms with Gasteiger partial charge in [-0.3, -0.25) is 14.7 Å². The van der Waals surface area contributed by atoms with Crippen molar-refractivity contribution in [3.63, 3.8) is 0 Å². The SMILES string of the molecule is Cl.O=C(C1CC=CCC1)N1CCN=C1Nc1c(Cl)cccc1Cl. The minimum atomic E-state index is 0. The van der Waals surface area contributed by atoms with Crippen LogP contribution in [0.15, 0.2) is 35.3 Å². The highest BCUT2D eigenvalue weighted by Gasteiger charge is 2.30. The Morgan fingerprint density at radius 2 is 2.00 bits per heavy atom. The molecule has 1 heterocycles. The molecule has 0 spiro atoms. The minimum absolute atomic E-state index is 0. The number of nitrogens with zero attached hydrogens (tertiary/aromatic N) is 2. The fraction of sp³-hybridized carbons (Fsp3) is 0.375. The molecule has 4 nitrogen and oxygen atoms in total. The zero-order valence-electron chi connectivity index (χ0n) is 12.5. The molecule has 1 N–H and O–H groups in total. The number of allylic oxidation sites excluding steroid dienone is 2. The van der Waals surface area contributed by atoms with Crippen LogP contribution in [0, 0.1) is 5.92 Å². The van der Waals surface area contributed by atoms with E-state index in [1.807, 2.05) is 0 Å². The predicted octanol–water partition coefficient (Wildman–Crippen LogP) is 4.38. The van der Waals surface area contributed by atoms with Gasteiger partial charge in [0.2, 0.25) is 11.9 Å². The topological polar surface area (TPSA) is 44.7 Å². The van der Waals surface area contributed by atoms with Crippen molar-refractivity contribution in [3.8, 4) is 0 Å². The maximum absolute atomic E-state index is 12.7. The number of halogens is 3. The fourth-order valence-corrected chi connectivity index (χ4v) is 3.23. The van der Waals surface area contributed by atoms with Gasteiger partial charge in [0.25, 0.3) is 0 Å². The lowest BCUT2D eigenvalue weighted by Crippen LogP contribution is -2.42. The van der Waals surface area contributed by atoms with Crippen LogP contribution in [0.1, 0.15) is 19.3 Å². The first-order chi connectivity index (χ1) is 10.7. The number of benzene rings is 1. The van der Waals surface area contributed by atoms with Gasteiger partial charge in [-0.05, 0) is 31.4 Å². The molecule has 0 saturated carbocycles. The molecule has 1 aromatic carbocycles. The molecule has 1 aliphatic heterocycles. The molecule has 3 rings (SSSR count). The first-order valence-electron chi connectivity index (χ1n) is 7.38. The zero-order chi connectivity index (χ0) is 15.5. The van der Waals surface area contributed by atoms with Crippen LogP contribution in [0.5, 0.6) is 0 Å². The number of hydrogen-bond acceptors (Lipinski definition) is 3. The summed E-state index contributed by atoms with van der Waals surface area (Å²) in [5, 5.41) is 4.14. The minimum Gasteiger partial charge on any atom is -0.323 e. The van der Waals surface area contributed by atoms with E-state index in [4.69, 9.17) is 23.2 Å². The highest BCUT2D eigenvalue weighted by molar-refractivity contribution is 6.39. The number of amides is 1. The number of aliphatic imine (C=N–C) groups is 1. The standard InChI is InChI=1S/C16H17Cl2N3O.ClH/c17-12-7-4-8-13(18)14(12)20-16-19-9-10-21(16)15(22)11-5-2-1-3-6-11;/h1-2,4,7-8,11H,3,5-6,9-10H2,(H,19,20);1H. The van der Waals surface area contributed by atoms with E-state index in [0.29, 0.717) is 34.8 Å². The van der Waals surface area contributed by atoms with Crippen LogP contribution in [-0.2, 0) is 4.79 Å². The highest BCUT2D eigenvalue weighted by atomic mass is 35.5. The van der Waals surface area contributed by atoms with Crippen molar-refractivity contribution in [2.75, 3.05) is 18.4 Å². The summed E-state index contributed by atoms with van der Waals surface area (Å²) in [5.41, 5.74) is 0.591. The summed E-state index contributed by atoms with van der Waals surface area (Å²) in [6, 6.07) is 5.29. The van der Waals surface area contributed by atoms with Crippen molar-refractivity contribution in [1.82, 2.24) is 4.90 Å². The van der Waals surface area contributed by atoms with Crippen LogP contribution in [0.2, 0.25) is 10.0 Å². The maximum atomic E-state index is 12.7. The lowest BCUT2D eigenvalue weighted by atomic mass is 9.93. The van der Waals surface area contributed by atoms with Crippen molar-refractivity contribution in [1.29, 1.82) is 0 Å². The number of nitrogens with one attached hydrogen (secondary N) is 1. The van der Waals surface area contributed by atoms with Crippen LogP contribution in [0.25, 0.3) is 0 Å². The van der Waals surface area contributed by atoms with Crippen LogP contribution < -0.4 is 5.32 Å². The molecule has 0 radical (unpaired) electrons. The van der Waals surface area contributed by atoms with Crippen molar-refractivity contribution in [2.45, 2.75) is 19.3 Å². The zero-order valence-corrected chi connectivity index (χ0v) is 14.8. The van der Waals surface area contributed by atoms with E-state index in [1.54, 1.807) is 23.1 Å². The fourth-order valence-electron chi connectivity index (χ4n) is 2.74. The summed E-state index contributed by atoms with van der Waals surface area (Å²) < 4.78 is 0. The Hall–Kier alpha value is -1.23. The lowest BCUT2D eigenvalue weighted by molar-refractivity contribution is -0.131. The smallest absolute Gasteiger partial charge is 0.232 e. The van der Waals surface area contributed by atoms with Gasteiger partial charge in [-0.15, -0.1) is 12.4 Å². The molecular weight excluding hydrogens is 357 g/mol. The number of carbonyl (C=O) groups is 1. The summed E-state index contributed by atoms with van der Waals surface area (Å²) in [5.74, 6) is 0.697. The molecule has 1 atom stereocenters. The number of carbonyl (C=O) groups excluding carboxylic acids is 1. The summed E-state index contributed by atoms with van der Waals surface area (Å²) in [4.78, 5) is 18.8. The summed E-state index contributed by atoms with van der Waals surface area (Å²) in [6.07, 6.45) is 6.86. The molecular formula is C16H18Cl3N3O. The summed E-state index contributed by atoms with van der Waals surface area (Å²) in [6.45, 7) is 1.20. The number of hydrogen-bond donors (Lipinski definition) is 1. The number of rotatable bonds is 2. The maximum Gasteiger partial charge on any atom is 0.232 e. The third kappa shape index (κ3) is 4.00. The van der Waals surface area contributed by atoms with Gasteiger partial charge >= 0.3 is 0 Å². The summed E-state index contributed by atoms with van der Waals surface area (Å²) >= 11 is 12.3. The quantitative estimate of drug-likeness (QED) is 0.781. The predicted molar refractivity (Wildman–Crippen MR) is 97.8 cm³/mol. The Kier molecular flexibility index (Phi) is 6.33. The van der Waals surface area contributed by atoms with E-state index in [2.05, 4.69) is 22.5 Å². The first-order valence-corrected chi connectivity index (χ1v) is 8.14. The largest absolute Gasteiger partial charge is 0.323 e. The average molecular weight is 375 g/mol. The van der Waals surface area contributed by atoms with Crippen LogP contribution in [0.4, 0.5) is 5.69 Å². The lowest BCUT2D eigenvalue weighted by Gasteiger charge is -2.25. The monoisotopic (exact) mass is 373 g/mol. The first kappa shape index (κ1) is 18.1. The highest BCUT2D eigenvalue weighted by Crippen LogP contribution is 2.31. The Morgan fingerprint density at radius 1 is 1.26 bits per heavy atom. The second kappa shape index (κ2) is 8.04. The van der Waals surface area contributed by atoms with Gasteiger partial charge in [0.15, 0.2) is 0 Å². The Labute approximate surface area is 152 Å². The molecule has 23 heavy (non-hydrogen) atoms. The van der Waals surface area contributed by atoms with Crippen molar-refractivity contribution >= 4 is 53.2 Å². The molecule has 0 aromatic heterocycles. The summed E-state index contributed by atoms with van der Waals surface area (Å²) in [7, 11) is 0. The molecule has 1 unspecified atom stereocenters. The molecule has 2 aliphatic rings. The van der Waals surface area contributed by atoms with Gasteiger partial charge in [-0.1, -0.05) is 41.4 Å². The van der Waals surface area contributed by atoms with E-state index >= 15 is 0 Å². The van der Waals surface area contributed by atoms with E-state index in [0.717, 1.165) is 19.3 Å². The van der Waals surface area contributed by atoms with Gasteiger partial charge in [0, 0.05) is 12.5 Å². The molecule has 124 valence electrons. The van der Waals surface area contributed by atoms with Gasteiger partial charge in [-0.25, -0.2) is 0 Å². The molecule has 1 aromatic rings. The third-order valence-electron chi connectivity index (χ3n) is 3.92. The van der Waals surface area contributed by atoms with E-state index < -0.39 is 0 Å². The molecule has 0 fully saturated rings. The number of para-hydroxylation sites is 1. The molecule has 1 aliphatic carbocycles. The van der Waals surface area contributed by atoms with Crippen LogP contribution in [0.3, 0.4) is 0 Å². The van der Waals surface area contributed by atoms with Gasteiger partial charge < -0.3 is 5.32 Å². The van der Waals surface area contributed by atoms with Crippen molar-refractivity contribution in [2.24, 2.45) is 10.9 Å². The molecule has 0 saturated heterocycles. The van der Waals surface area contributed by atoms with Crippen LogP contribution in [-0.4, -0.2) is 29.9 Å². The third-order valence-corrected chi connectivity index (χ3v) is 4.55. The molecule has 7 heteroatoms. The van der Waals surface area contributed by atoms with Crippen molar-refractivity contribution in [3.05, 3.63) is 40.4 Å². The Bertz CT molecular complexity index is 625. The molecule has 1 amide bonds. The number of guanidine groups is 1. The molecule has 0 bridgehead atoms. The van der Waals surface area contributed by atoms with Crippen LogP contribution >= 0.6 is 35.6 Å². The Balaban J connectivity index is 0.00000192. The number of anilines is 1. The second-order valence-corrected chi connectivity index (χ2v) is 6.21. The van der Waals surface area contributed by atoms with E-state index in [1.165, 1.54) is 0 Å². The normalized spacial score (nSPS) is 20.0. The Morgan fingerprint density at radius 3 is 2.65 bits per heavy atom. The van der Waals surface area contributed by atoms with Gasteiger partial charge in [-0.2, -0.15) is 0 Å². The van der Waals surface area contributed by atoms with E-state index in [9.17, 15) is 4.79 Å². The van der Waals surface area contributed by atoms with E-state index in [-0.39, 0.29) is 24.2 Å². The van der Waals surface area contributed by atoms with Gasteiger partial charge in [0.05, 0.1) is 22.3 Å². The van der Waals surface area contributed by atoms with Gasteiger partial charge in [0.1, 0.15) is 0 Å². The van der Waals surface area contributed by atoms with Crippen molar-refractivity contribution < 1.29 is 4.79 Å². The average Bonchev–Trinajstić information content (AvgIpc) is 2.99. The second-order valence-electron chi connectivity index (χ2n) is 5.40.